The first-order chi connectivity index (χ1) is 20.5. The van der Waals surface area contributed by atoms with Gasteiger partial charge in [0, 0.05) is 11.6 Å². The molecule has 8 heteroatoms. The van der Waals surface area contributed by atoms with Crippen LogP contribution in [0.25, 0.3) is 0 Å². The Morgan fingerprint density at radius 2 is 1.71 bits per heavy atom. The molecule has 0 saturated heterocycles. The lowest BCUT2D eigenvalue weighted by Gasteiger charge is -2.27. The number of allylic oxidation sites excluding steroid dienone is 1. The number of carbonyl (C=O) groups excluding carboxylic acids is 1. The summed E-state index contributed by atoms with van der Waals surface area (Å²) >= 11 is 0. The second kappa shape index (κ2) is 12.8. The number of para-hydroxylation sites is 1. The van der Waals surface area contributed by atoms with Crippen molar-refractivity contribution in [3.63, 3.8) is 0 Å². The number of hydrogen-bond acceptors (Lipinski definition) is 8. The van der Waals surface area contributed by atoms with Crippen molar-refractivity contribution in [1.82, 2.24) is 0 Å². The summed E-state index contributed by atoms with van der Waals surface area (Å²) in [6.07, 6.45) is 0.807. The third-order valence-corrected chi connectivity index (χ3v) is 6.73. The van der Waals surface area contributed by atoms with Gasteiger partial charge in [0.05, 0.1) is 19.6 Å². The highest BCUT2D eigenvalue weighted by Crippen LogP contribution is 2.45. The number of ether oxygens (including phenoxy) is 5. The van der Waals surface area contributed by atoms with Crippen LogP contribution >= 0.6 is 0 Å². The fraction of sp³-hybridized carbons (Fsp3) is 0.176. The van der Waals surface area contributed by atoms with Gasteiger partial charge in [-0.1, -0.05) is 61.5 Å². The van der Waals surface area contributed by atoms with Crippen LogP contribution in [-0.4, -0.2) is 19.7 Å². The van der Waals surface area contributed by atoms with Crippen molar-refractivity contribution in [3.05, 3.63) is 125 Å². The van der Waals surface area contributed by atoms with Crippen molar-refractivity contribution in [1.29, 1.82) is 5.26 Å². The molecule has 1 aliphatic rings. The maximum atomic E-state index is 13.0. The van der Waals surface area contributed by atoms with Crippen molar-refractivity contribution < 1.29 is 28.5 Å². The molecule has 0 aromatic heterocycles. The molecule has 1 aliphatic heterocycles. The molecule has 212 valence electrons. The van der Waals surface area contributed by atoms with Crippen molar-refractivity contribution in [2.45, 2.75) is 25.9 Å². The second-order valence-corrected chi connectivity index (χ2v) is 9.54. The Kier molecular flexibility index (Phi) is 8.59. The van der Waals surface area contributed by atoms with Gasteiger partial charge in [0.1, 0.15) is 41.1 Å². The fourth-order valence-electron chi connectivity index (χ4n) is 4.70. The number of nitrogens with two attached hydrogens (primary N) is 1. The maximum absolute atomic E-state index is 13.0. The van der Waals surface area contributed by atoms with Crippen LogP contribution in [0.3, 0.4) is 0 Å². The zero-order valence-corrected chi connectivity index (χ0v) is 23.3. The average molecular weight is 563 g/mol. The molecule has 0 spiro atoms. The van der Waals surface area contributed by atoms with Crippen LogP contribution in [0.4, 0.5) is 0 Å². The van der Waals surface area contributed by atoms with Crippen LogP contribution < -0.4 is 29.4 Å². The summed E-state index contributed by atoms with van der Waals surface area (Å²) in [6.45, 7) is 2.85. The van der Waals surface area contributed by atoms with Gasteiger partial charge in [0.25, 0.3) is 0 Å². The normalized spacial score (nSPS) is 13.8. The molecule has 0 aliphatic carbocycles. The minimum atomic E-state index is -0.564. The molecule has 2 N–H and O–H groups in total. The van der Waals surface area contributed by atoms with Gasteiger partial charge in [-0.15, -0.1) is 0 Å². The largest absolute Gasteiger partial charge is 0.493 e. The van der Waals surface area contributed by atoms with E-state index in [1.54, 1.807) is 49.6 Å². The summed E-state index contributed by atoms with van der Waals surface area (Å²) in [6, 6.07) is 29.5. The lowest BCUT2D eigenvalue weighted by Crippen LogP contribution is -2.21. The number of benzene rings is 4. The lowest BCUT2D eigenvalue weighted by molar-refractivity contribution is 0.0730. The van der Waals surface area contributed by atoms with Gasteiger partial charge < -0.3 is 29.4 Å². The number of nitriles is 1. The minimum Gasteiger partial charge on any atom is -0.493 e. The molecule has 0 amide bonds. The highest BCUT2D eigenvalue weighted by atomic mass is 16.5. The molecule has 4 aromatic rings. The zero-order valence-electron chi connectivity index (χ0n) is 23.3. The number of carbonyl (C=O) groups is 1. The van der Waals surface area contributed by atoms with Gasteiger partial charge in [-0.3, -0.25) is 0 Å². The molecule has 0 saturated carbocycles. The molecule has 4 aromatic carbocycles. The predicted octanol–water partition coefficient (Wildman–Crippen LogP) is 6.50. The van der Waals surface area contributed by atoms with E-state index in [0.717, 1.165) is 17.5 Å². The van der Waals surface area contributed by atoms with E-state index < -0.39 is 11.9 Å². The van der Waals surface area contributed by atoms with E-state index in [0.29, 0.717) is 47.3 Å². The minimum absolute atomic E-state index is 0.0276. The van der Waals surface area contributed by atoms with Crippen molar-refractivity contribution in [2.75, 3.05) is 13.7 Å². The number of hydrogen-bond donors (Lipinski definition) is 1. The Hall–Kier alpha value is -5.42. The van der Waals surface area contributed by atoms with Gasteiger partial charge in [0.2, 0.25) is 5.88 Å². The smallest absolute Gasteiger partial charge is 0.347 e. The SMILES string of the molecule is CCCOc1ccccc1C(=O)Oc1ccc2c(c1)OC(N)=C(C#N)C2c1ccc(OCc2ccccc2)c(OC)c1. The van der Waals surface area contributed by atoms with Crippen LogP contribution in [-0.2, 0) is 6.61 Å². The first-order valence-corrected chi connectivity index (χ1v) is 13.5. The van der Waals surface area contributed by atoms with Gasteiger partial charge in [-0.2, -0.15) is 5.26 Å². The van der Waals surface area contributed by atoms with E-state index in [4.69, 9.17) is 29.4 Å². The van der Waals surface area contributed by atoms with Gasteiger partial charge >= 0.3 is 5.97 Å². The molecule has 8 nitrogen and oxygen atoms in total. The number of fused-ring (bicyclic) bond motifs is 1. The molecule has 0 fully saturated rings. The van der Waals surface area contributed by atoms with Crippen LogP contribution in [0.1, 0.15) is 46.3 Å². The molecule has 42 heavy (non-hydrogen) atoms. The van der Waals surface area contributed by atoms with E-state index >= 15 is 0 Å². The molecule has 1 atom stereocenters. The third kappa shape index (κ3) is 6.01. The second-order valence-electron chi connectivity index (χ2n) is 9.54. The zero-order chi connectivity index (χ0) is 29.5. The molecular formula is C34H30N2O6. The van der Waals surface area contributed by atoms with Crippen LogP contribution in [0.5, 0.6) is 28.7 Å². The fourth-order valence-corrected chi connectivity index (χ4v) is 4.70. The summed E-state index contributed by atoms with van der Waals surface area (Å²) in [5, 5.41) is 9.99. The molecule has 0 radical (unpaired) electrons. The molecule has 1 unspecified atom stereocenters. The highest BCUT2D eigenvalue weighted by molar-refractivity contribution is 5.94. The Morgan fingerprint density at radius 3 is 2.48 bits per heavy atom. The first kappa shape index (κ1) is 28.1. The summed E-state index contributed by atoms with van der Waals surface area (Å²) < 4.78 is 28.8. The lowest BCUT2D eigenvalue weighted by atomic mass is 9.83. The first-order valence-electron chi connectivity index (χ1n) is 13.5. The van der Waals surface area contributed by atoms with E-state index in [1.807, 2.05) is 55.5 Å². The van der Waals surface area contributed by atoms with Crippen LogP contribution in [0, 0.1) is 11.3 Å². The van der Waals surface area contributed by atoms with Crippen LogP contribution in [0.2, 0.25) is 0 Å². The molecule has 0 bridgehead atoms. The number of methoxy groups -OCH3 is 1. The quantitative estimate of drug-likeness (QED) is 0.172. The summed E-state index contributed by atoms with van der Waals surface area (Å²) in [4.78, 5) is 13.0. The Labute approximate surface area is 244 Å². The van der Waals surface area contributed by atoms with Crippen LogP contribution in [0.15, 0.2) is 102 Å². The Morgan fingerprint density at radius 1 is 0.929 bits per heavy atom. The summed E-state index contributed by atoms with van der Waals surface area (Å²) in [7, 11) is 1.56. The molecule has 1 heterocycles. The summed E-state index contributed by atoms with van der Waals surface area (Å²) in [5.41, 5.74) is 9.25. The molecular weight excluding hydrogens is 532 g/mol. The Balaban J connectivity index is 1.42. The average Bonchev–Trinajstić information content (AvgIpc) is 3.02. The van der Waals surface area contributed by atoms with E-state index in [2.05, 4.69) is 6.07 Å². The maximum Gasteiger partial charge on any atom is 0.347 e. The molecule has 5 rings (SSSR count). The van der Waals surface area contributed by atoms with Gasteiger partial charge in [0.15, 0.2) is 11.5 Å². The monoisotopic (exact) mass is 562 g/mol. The van der Waals surface area contributed by atoms with Gasteiger partial charge in [-0.25, -0.2) is 4.79 Å². The summed E-state index contributed by atoms with van der Waals surface area (Å²) in [5.74, 6) is 1.05. The van der Waals surface area contributed by atoms with E-state index in [-0.39, 0.29) is 17.2 Å². The van der Waals surface area contributed by atoms with E-state index in [1.165, 1.54) is 0 Å². The van der Waals surface area contributed by atoms with Gasteiger partial charge in [-0.05, 0) is 47.9 Å². The van der Waals surface area contributed by atoms with E-state index in [9.17, 15) is 10.1 Å². The van der Waals surface area contributed by atoms with Crippen molar-refractivity contribution in [2.24, 2.45) is 5.73 Å². The van der Waals surface area contributed by atoms with Crippen molar-refractivity contribution in [3.8, 4) is 34.8 Å². The Bertz CT molecular complexity index is 1660. The standard InChI is InChI=1S/C34H30N2O6/c1-3-17-39-28-12-8-7-11-26(28)34(37)41-24-14-15-25-30(19-24)42-33(36)27(20-35)32(25)23-13-16-29(31(18-23)38-2)40-21-22-9-5-4-6-10-22/h4-16,18-19,32H,3,17,21,36H2,1-2H3. The van der Waals surface area contributed by atoms with Crippen molar-refractivity contribution >= 4 is 5.97 Å². The third-order valence-electron chi connectivity index (χ3n) is 6.73. The number of nitrogens with zero attached hydrogens (tertiary/aromatic N) is 1. The predicted molar refractivity (Wildman–Crippen MR) is 157 cm³/mol. The number of esters is 1. The number of rotatable bonds is 10. The topological polar surface area (TPSA) is 113 Å². The highest BCUT2D eigenvalue weighted by Gasteiger charge is 2.32.